The van der Waals surface area contributed by atoms with E-state index in [1.165, 1.54) is 5.57 Å². The Kier molecular flexibility index (Phi) is 12.6. The van der Waals surface area contributed by atoms with Gasteiger partial charge in [0.15, 0.2) is 22.4 Å². The first-order chi connectivity index (χ1) is 18.6. The molecule has 2 aliphatic rings. The molecule has 0 unspecified atom stereocenters. The molecule has 0 amide bonds. The highest BCUT2D eigenvalue weighted by molar-refractivity contribution is 6.74. The molecule has 1 spiro atoms. The van der Waals surface area contributed by atoms with Gasteiger partial charge in [-0.05, 0) is 74.3 Å². The lowest BCUT2D eigenvalue weighted by atomic mass is 9.84. The summed E-state index contributed by atoms with van der Waals surface area (Å²) in [5.41, 5.74) is 1.25. The number of allylic oxidation sites excluding steroid dienone is 2. The second kappa shape index (κ2) is 14.1. The molecule has 7 atom stereocenters. The van der Waals surface area contributed by atoms with Crippen molar-refractivity contribution in [3.05, 3.63) is 36.5 Å². The van der Waals surface area contributed by atoms with Gasteiger partial charge in [-0.1, -0.05) is 92.2 Å². The van der Waals surface area contributed by atoms with Crippen molar-refractivity contribution in [2.75, 3.05) is 6.61 Å². The summed E-state index contributed by atoms with van der Waals surface area (Å²) >= 11 is 0. The van der Waals surface area contributed by atoms with Gasteiger partial charge in [-0.15, -0.1) is 6.58 Å². The molecule has 2 fully saturated rings. The number of hydrogen-bond donors (Lipinski definition) is 0. The molecule has 0 aromatic rings. The minimum atomic E-state index is -1.89. The summed E-state index contributed by atoms with van der Waals surface area (Å²) in [4.78, 5) is 0. The van der Waals surface area contributed by atoms with Gasteiger partial charge in [0, 0.05) is 18.8 Å². The molecule has 0 aliphatic carbocycles. The Hall–Kier alpha value is -0.506. The van der Waals surface area contributed by atoms with Crippen molar-refractivity contribution in [2.24, 2.45) is 17.8 Å². The van der Waals surface area contributed by atoms with E-state index in [1.54, 1.807) is 0 Å². The third-order valence-corrected chi connectivity index (χ3v) is 19.7. The second-order valence-electron chi connectivity index (χ2n) is 16.3. The average Bonchev–Trinajstić information content (AvgIpc) is 2.86. The summed E-state index contributed by atoms with van der Waals surface area (Å²) in [7, 11) is -3.72. The molecular formula is C35H66O4Si2. The number of hydrogen-bond acceptors (Lipinski definition) is 4. The predicted molar refractivity (Wildman–Crippen MR) is 181 cm³/mol. The molecule has 0 radical (unpaired) electrons. The summed E-state index contributed by atoms with van der Waals surface area (Å²) < 4.78 is 27.1. The van der Waals surface area contributed by atoms with E-state index in [4.69, 9.17) is 18.3 Å². The summed E-state index contributed by atoms with van der Waals surface area (Å²) in [6.07, 6.45) is 14.2. The van der Waals surface area contributed by atoms with Gasteiger partial charge in [-0.2, -0.15) is 0 Å². The third kappa shape index (κ3) is 10.0. The summed E-state index contributed by atoms with van der Waals surface area (Å²) in [6.45, 7) is 36.8. The molecule has 238 valence electrons. The van der Waals surface area contributed by atoms with E-state index in [1.807, 2.05) is 6.08 Å². The van der Waals surface area contributed by atoms with Crippen molar-refractivity contribution in [3.63, 3.8) is 0 Å². The zero-order chi connectivity index (χ0) is 31.4. The minimum Gasteiger partial charge on any atom is -0.414 e. The van der Waals surface area contributed by atoms with Crippen molar-refractivity contribution >= 4 is 16.6 Å². The van der Waals surface area contributed by atoms with Gasteiger partial charge in [-0.25, -0.2) is 0 Å². The SMILES string of the molecule is C=C[C@H](C)[C@@H](/C=C/C(C)=C/C[C@H]1O[C@]2(CC[C@H](C)[C@H](CO[Si](C)(C)C(C)(C)C)O2)CC[C@@H]1C)O[Si](C)(C)C(C)(C)C. The molecule has 2 aliphatic heterocycles. The van der Waals surface area contributed by atoms with Crippen LogP contribution < -0.4 is 0 Å². The Balaban J connectivity index is 2.08. The van der Waals surface area contributed by atoms with Crippen molar-refractivity contribution < 1.29 is 18.3 Å². The maximum atomic E-state index is 6.87. The zero-order valence-corrected chi connectivity index (χ0v) is 31.4. The van der Waals surface area contributed by atoms with E-state index in [-0.39, 0.29) is 34.3 Å². The molecule has 2 rings (SSSR count). The lowest BCUT2D eigenvalue weighted by Crippen LogP contribution is -2.54. The molecule has 0 aromatic heterocycles. The van der Waals surface area contributed by atoms with Gasteiger partial charge < -0.3 is 18.3 Å². The van der Waals surface area contributed by atoms with Gasteiger partial charge in [0.2, 0.25) is 0 Å². The minimum absolute atomic E-state index is 0.0352. The van der Waals surface area contributed by atoms with Crippen molar-refractivity contribution in [3.8, 4) is 0 Å². The third-order valence-electron chi connectivity index (χ3n) is 10.7. The topological polar surface area (TPSA) is 36.9 Å². The number of ether oxygens (including phenoxy) is 2. The first-order valence-corrected chi connectivity index (χ1v) is 22.1. The van der Waals surface area contributed by atoms with Crippen LogP contribution in [-0.4, -0.2) is 47.3 Å². The molecule has 0 saturated carbocycles. The Morgan fingerprint density at radius 3 is 1.95 bits per heavy atom. The van der Waals surface area contributed by atoms with Crippen LogP contribution >= 0.6 is 0 Å². The number of rotatable bonds is 11. The zero-order valence-electron chi connectivity index (χ0n) is 29.4. The fourth-order valence-corrected chi connectivity index (χ4v) is 7.36. The van der Waals surface area contributed by atoms with Crippen LogP contribution in [0.1, 0.15) is 101 Å². The maximum Gasteiger partial charge on any atom is 0.192 e. The molecule has 0 bridgehead atoms. The Bertz CT molecular complexity index is 906. The smallest absolute Gasteiger partial charge is 0.192 e. The van der Waals surface area contributed by atoms with E-state index in [0.717, 1.165) is 32.1 Å². The predicted octanol–water partition coefficient (Wildman–Crippen LogP) is 10.4. The second-order valence-corrected chi connectivity index (χ2v) is 25.9. The average molecular weight is 607 g/mol. The molecule has 41 heavy (non-hydrogen) atoms. The van der Waals surface area contributed by atoms with Gasteiger partial charge in [0.1, 0.15) is 0 Å². The molecule has 0 aromatic carbocycles. The first kappa shape index (κ1) is 36.7. The molecule has 6 heteroatoms. The van der Waals surface area contributed by atoms with E-state index >= 15 is 0 Å². The summed E-state index contributed by atoms with van der Waals surface area (Å²) in [6, 6.07) is 0. The maximum absolute atomic E-state index is 6.87. The van der Waals surface area contributed by atoms with Crippen LogP contribution in [0.4, 0.5) is 0 Å². The summed E-state index contributed by atoms with van der Waals surface area (Å²) in [5.74, 6) is 0.783. The van der Waals surface area contributed by atoms with Crippen LogP contribution in [0.25, 0.3) is 0 Å². The Morgan fingerprint density at radius 2 is 1.44 bits per heavy atom. The molecule has 4 nitrogen and oxygen atoms in total. The molecule has 2 heterocycles. The van der Waals surface area contributed by atoms with Gasteiger partial charge in [0.25, 0.3) is 0 Å². The van der Waals surface area contributed by atoms with E-state index in [9.17, 15) is 0 Å². The normalized spacial score (nSPS) is 30.5. The summed E-state index contributed by atoms with van der Waals surface area (Å²) in [5, 5.41) is 0.369. The largest absolute Gasteiger partial charge is 0.414 e. The van der Waals surface area contributed by atoms with Crippen LogP contribution in [0, 0.1) is 17.8 Å². The molecular weight excluding hydrogens is 541 g/mol. The first-order valence-electron chi connectivity index (χ1n) is 16.3. The quantitative estimate of drug-likeness (QED) is 0.133. The standard InChI is InChI=1S/C35H66O4Si2/c1-16-27(3)31(39-41(14,15)34(9,10)11)20-18-26(2)17-19-30-28(4)21-23-35(37-30)24-22-29(5)32(38-35)25-36-40(12,13)33(6,7)8/h16-18,20,27-32H,1,19,21-25H2,2-15H3/b20-18+,26-17+/t27-,28-,29-,30+,31+,32-,35+/m0/s1. The van der Waals surface area contributed by atoms with Crippen LogP contribution in [0.5, 0.6) is 0 Å². The van der Waals surface area contributed by atoms with Gasteiger partial charge in [0.05, 0.1) is 24.9 Å². The van der Waals surface area contributed by atoms with Crippen LogP contribution in [-0.2, 0) is 18.3 Å². The molecule has 2 saturated heterocycles. The van der Waals surface area contributed by atoms with Crippen LogP contribution in [0.15, 0.2) is 36.5 Å². The monoisotopic (exact) mass is 606 g/mol. The Morgan fingerprint density at radius 1 is 0.927 bits per heavy atom. The van der Waals surface area contributed by atoms with Gasteiger partial charge in [-0.3, -0.25) is 0 Å². The van der Waals surface area contributed by atoms with Crippen molar-refractivity contribution in [1.82, 2.24) is 0 Å². The van der Waals surface area contributed by atoms with E-state index in [2.05, 4.69) is 120 Å². The lowest BCUT2D eigenvalue weighted by Gasteiger charge is -2.50. The highest BCUT2D eigenvalue weighted by Gasteiger charge is 2.47. The fraction of sp³-hybridized carbons (Fsp3) is 0.829. The van der Waals surface area contributed by atoms with E-state index < -0.39 is 22.4 Å². The van der Waals surface area contributed by atoms with E-state index in [0.29, 0.717) is 18.4 Å². The van der Waals surface area contributed by atoms with Gasteiger partial charge >= 0.3 is 0 Å². The van der Waals surface area contributed by atoms with Crippen molar-refractivity contribution in [2.45, 2.75) is 162 Å². The highest BCUT2D eigenvalue weighted by atomic mass is 28.4. The van der Waals surface area contributed by atoms with Crippen LogP contribution in [0.2, 0.25) is 36.3 Å². The molecule has 0 N–H and O–H groups in total. The highest BCUT2D eigenvalue weighted by Crippen LogP contribution is 2.44. The van der Waals surface area contributed by atoms with Crippen molar-refractivity contribution in [1.29, 1.82) is 0 Å². The van der Waals surface area contributed by atoms with Crippen LogP contribution in [0.3, 0.4) is 0 Å². The fourth-order valence-electron chi connectivity index (χ4n) is 5.01. The lowest BCUT2D eigenvalue weighted by molar-refractivity contribution is -0.333. The Labute approximate surface area is 257 Å².